The van der Waals surface area contributed by atoms with Gasteiger partial charge in [-0.1, -0.05) is 0 Å². The number of aromatic hydroxyl groups is 1. The van der Waals surface area contributed by atoms with Crippen LogP contribution in [0.3, 0.4) is 0 Å². The highest BCUT2D eigenvalue weighted by molar-refractivity contribution is 5.75. The Balaban J connectivity index is 2.87. The molecule has 0 bridgehead atoms. The monoisotopic (exact) mass is 372 g/mol. The Morgan fingerprint density at radius 3 is 1.80 bits per heavy atom. The van der Waals surface area contributed by atoms with Crippen LogP contribution in [-0.4, -0.2) is 102 Å². The second-order valence-corrected chi connectivity index (χ2v) is 5.11. The van der Waals surface area contributed by atoms with Crippen molar-refractivity contribution in [3.8, 4) is 5.95 Å². The minimum atomic E-state index is -2.44. The maximum Gasteiger partial charge on any atom is 0.376 e. The van der Waals surface area contributed by atoms with Crippen molar-refractivity contribution in [1.82, 2.24) is 0 Å². The van der Waals surface area contributed by atoms with E-state index >= 15 is 0 Å². The topological polar surface area (TPSA) is 235 Å². The fourth-order valence-corrected chi connectivity index (χ4v) is 1.74. The first-order valence-electron chi connectivity index (χ1n) is 6.93. The quantitative estimate of drug-likeness (QED) is 0.139. The average molecular weight is 372 g/mol. The number of aliphatic hydroxyl groups is 8. The fraction of sp³-hybridized carbons (Fsp3) is 0.750. The van der Waals surface area contributed by atoms with E-state index in [1.165, 1.54) is 0 Å². The van der Waals surface area contributed by atoms with Gasteiger partial charge in [-0.15, -0.1) is 0 Å². The molecule has 0 fully saturated rings. The molecule has 1 rings (SSSR count). The van der Waals surface area contributed by atoms with Gasteiger partial charge in [0.2, 0.25) is 0 Å². The zero-order valence-corrected chi connectivity index (χ0v) is 12.6. The van der Waals surface area contributed by atoms with Gasteiger partial charge in [-0.05, 0) is 0 Å². The average Bonchev–Trinajstić information content (AvgIpc) is 2.61. The number of hydrogen-bond donors (Lipinski definition) is 9. The standard InChI is InChI=1S/C12H20O13/c13-1-3(15)5(17)7(19)8(20)11(21)23-9(6(18)4(16)2-14)10-12(22)25-24-10/h3-9,13-20,22H,1-2H2/t3-,4-,5-,6-,7+,8-,9+/m1/s1. The van der Waals surface area contributed by atoms with Crippen LogP contribution >= 0.6 is 0 Å². The van der Waals surface area contributed by atoms with Crippen LogP contribution in [0.25, 0.3) is 0 Å². The van der Waals surface area contributed by atoms with Gasteiger partial charge in [0.25, 0.3) is 5.76 Å². The zero-order valence-electron chi connectivity index (χ0n) is 12.6. The predicted molar refractivity (Wildman–Crippen MR) is 71.7 cm³/mol. The summed E-state index contributed by atoms with van der Waals surface area (Å²) >= 11 is 0. The maximum absolute atomic E-state index is 11.8. The Kier molecular flexibility index (Phi) is 7.78. The number of carbonyl (C=O) groups excluding carboxylic acids is 1. The summed E-state index contributed by atoms with van der Waals surface area (Å²) in [6, 6.07) is 0. The van der Waals surface area contributed by atoms with Crippen molar-refractivity contribution in [3.63, 3.8) is 0 Å². The van der Waals surface area contributed by atoms with Crippen molar-refractivity contribution >= 4 is 5.97 Å². The maximum atomic E-state index is 11.8. The van der Waals surface area contributed by atoms with Gasteiger partial charge in [0, 0.05) is 0 Å². The molecule has 1 heterocycles. The smallest absolute Gasteiger partial charge is 0.376 e. The summed E-state index contributed by atoms with van der Waals surface area (Å²) < 4.78 is 12.9. The molecule has 13 nitrogen and oxygen atoms in total. The van der Waals surface area contributed by atoms with Crippen LogP contribution in [0.15, 0.2) is 9.15 Å². The van der Waals surface area contributed by atoms with Crippen LogP contribution in [0.2, 0.25) is 0 Å². The number of esters is 1. The molecule has 0 amide bonds. The van der Waals surface area contributed by atoms with Gasteiger partial charge >= 0.3 is 11.9 Å². The molecule has 0 aromatic carbocycles. The van der Waals surface area contributed by atoms with Crippen LogP contribution in [0.4, 0.5) is 0 Å². The van der Waals surface area contributed by atoms with E-state index in [4.69, 9.17) is 10.2 Å². The zero-order chi connectivity index (χ0) is 19.3. The lowest BCUT2D eigenvalue weighted by atomic mass is 10.0. The summed E-state index contributed by atoms with van der Waals surface area (Å²) in [4.78, 5) is 11.8. The van der Waals surface area contributed by atoms with Crippen LogP contribution in [0.1, 0.15) is 11.9 Å². The molecule has 13 heteroatoms. The first-order chi connectivity index (χ1) is 11.6. The molecule has 0 aliphatic rings. The second-order valence-electron chi connectivity index (χ2n) is 5.11. The van der Waals surface area contributed by atoms with E-state index in [0.717, 1.165) is 0 Å². The molecule has 0 aliphatic carbocycles. The molecule has 25 heavy (non-hydrogen) atoms. The van der Waals surface area contributed by atoms with E-state index in [0.29, 0.717) is 0 Å². The Labute approximate surface area is 139 Å². The molecule has 1 aromatic heterocycles. The van der Waals surface area contributed by atoms with E-state index in [1.54, 1.807) is 0 Å². The van der Waals surface area contributed by atoms with E-state index in [-0.39, 0.29) is 0 Å². The lowest BCUT2D eigenvalue weighted by Gasteiger charge is -2.28. The number of hydrogen-bond acceptors (Lipinski definition) is 13. The molecule has 0 aliphatic heterocycles. The molecule has 7 atom stereocenters. The fourth-order valence-electron chi connectivity index (χ4n) is 1.74. The number of carbonyl (C=O) groups is 1. The Hall–Kier alpha value is -1.71. The third-order valence-corrected chi connectivity index (χ3v) is 3.31. The van der Waals surface area contributed by atoms with Gasteiger partial charge in [-0.25, -0.2) is 9.37 Å². The third-order valence-electron chi connectivity index (χ3n) is 3.31. The summed E-state index contributed by atoms with van der Waals surface area (Å²) in [6.45, 7) is -1.94. The molecule has 1 aromatic rings. The van der Waals surface area contributed by atoms with E-state index < -0.39 is 73.6 Å². The van der Waals surface area contributed by atoms with Crippen LogP contribution < -0.4 is 0 Å². The van der Waals surface area contributed by atoms with Gasteiger partial charge in [0.15, 0.2) is 12.2 Å². The van der Waals surface area contributed by atoms with Crippen molar-refractivity contribution in [2.45, 2.75) is 42.7 Å². The highest BCUT2D eigenvalue weighted by Gasteiger charge is 2.42. The van der Waals surface area contributed by atoms with E-state index in [2.05, 4.69) is 13.9 Å². The lowest BCUT2D eigenvalue weighted by molar-refractivity contribution is -0.193. The summed E-state index contributed by atoms with van der Waals surface area (Å²) in [5.74, 6) is -3.21. The SMILES string of the molecule is O=C(O[C@H](c1ooc1O)[C@H](O)[C@H](O)CO)[C@H](O)[C@@H](O)[C@H](O)[C@H](O)CO. The lowest BCUT2D eigenvalue weighted by Crippen LogP contribution is -2.50. The molecule has 0 saturated carbocycles. The van der Waals surface area contributed by atoms with Crippen molar-refractivity contribution in [1.29, 1.82) is 0 Å². The van der Waals surface area contributed by atoms with E-state index in [1.807, 2.05) is 0 Å². The highest BCUT2D eigenvalue weighted by atomic mass is 17.0. The third kappa shape index (κ3) is 4.90. The number of ether oxygens (including phenoxy) is 1. The second kappa shape index (κ2) is 9.12. The van der Waals surface area contributed by atoms with E-state index in [9.17, 15) is 40.5 Å². The van der Waals surface area contributed by atoms with Crippen LogP contribution in [0.5, 0.6) is 5.95 Å². The molecule has 9 N–H and O–H groups in total. The minimum absolute atomic E-state index is 0.647. The predicted octanol–water partition coefficient (Wildman–Crippen LogP) is -4.69. The van der Waals surface area contributed by atoms with Gasteiger partial charge in [-0.2, -0.15) is 0 Å². The Morgan fingerprint density at radius 2 is 1.40 bits per heavy atom. The summed E-state index contributed by atoms with van der Waals surface area (Å²) in [6.07, 6.45) is -14.5. The molecule has 0 spiro atoms. The first kappa shape index (κ1) is 21.3. The van der Waals surface area contributed by atoms with Crippen molar-refractivity contribution < 1.29 is 64.6 Å². The van der Waals surface area contributed by atoms with Gasteiger partial charge in [-0.3, -0.25) is 4.58 Å². The largest absolute Gasteiger partial charge is 0.475 e. The first-order valence-corrected chi connectivity index (χ1v) is 6.93. The van der Waals surface area contributed by atoms with Crippen LogP contribution in [-0.2, 0) is 9.53 Å². The van der Waals surface area contributed by atoms with Crippen LogP contribution in [0, 0.1) is 0 Å². The van der Waals surface area contributed by atoms with Gasteiger partial charge < -0.3 is 50.7 Å². The summed E-state index contributed by atoms with van der Waals surface area (Å²) in [5, 5.41) is 83.7. The number of rotatable bonds is 10. The summed E-state index contributed by atoms with van der Waals surface area (Å²) in [5.41, 5.74) is 0. The highest BCUT2D eigenvalue weighted by Crippen LogP contribution is 2.34. The van der Waals surface area contributed by atoms with Gasteiger partial charge in [0.05, 0.1) is 13.2 Å². The van der Waals surface area contributed by atoms with Crippen molar-refractivity contribution in [2.75, 3.05) is 13.2 Å². The Bertz CT molecular complexity index is 524. The van der Waals surface area contributed by atoms with Crippen molar-refractivity contribution in [2.24, 2.45) is 0 Å². The van der Waals surface area contributed by atoms with Gasteiger partial charge in [0.1, 0.15) is 30.5 Å². The Morgan fingerprint density at radius 1 is 0.880 bits per heavy atom. The normalized spacial score (nSPS) is 20.3. The summed E-state index contributed by atoms with van der Waals surface area (Å²) in [7, 11) is 0. The molecular weight excluding hydrogens is 352 g/mol. The number of aliphatic hydroxyl groups excluding tert-OH is 8. The minimum Gasteiger partial charge on any atom is -0.475 e. The molecule has 0 radical (unpaired) electrons. The van der Waals surface area contributed by atoms with Crippen molar-refractivity contribution in [3.05, 3.63) is 5.76 Å². The molecule has 0 saturated heterocycles. The molecule has 0 unspecified atom stereocenters. The molecular formula is C12H20O13. The molecule has 146 valence electrons.